The van der Waals surface area contributed by atoms with Gasteiger partial charge in [0, 0.05) is 0 Å². The molecule has 2 rings (SSSR count). The Balaban J connectivity index is 2.24. The van der Waals surface area contributed by atoms with E-state index in [4.69, 9.17) is 0 Å². The lowest BCUT2D eigenvalue weighted by atomic mass is 9.97. The maximum Gasteiger partial charge on any atom is 0.0536 e. The van der Waals surface area contributed by atoms with Crippen molar-refractivity contribution in [3.63, 3.8) is 0 Å². The molecule has 0 bridgehead atoms. The Morgan fingerprint density at radius 1 is 1.38 bits per heavy atom. The molecule has 1 aliphatic rings. The highest BCUT2D eigenvalue weighted by atomic mass is 14.9. The third-order valence-corrected chi connectivity index (χ3v) is 3.23. The van der Waals surface area contributed by atoms with Gasteiger partial charge in [0.25, 0.3) is 0 Å². The highest BCUT2D eigenvalue weighted by molar-refractivity contribution is 5.32. The van der Waals surface area contributed by atoms with Crippen LogP contribution in [0.3, 0.4) is 0 Å². The van der Waals surface area contributed by atoms with Gasteiger partial charge in [-0.2, -0.15) is 0 Å². The van der Waals surface area contributed by atoms with Crippen LogP contribution in [0.25, 0.3) is 0 Å². The van der Waals surface area contributed by atoms with E-state index < -0.39 is 0 Å². The molecule has 0 fully saturated rings. The van der Waals surface area contributed by atoms with Crippen molar-refractivity contribution in [2.24, 2.45) is 0 Å². The number of hydrogen-bond acceptors (Lipinski definition) is 1. The van der Waals surface area contributed by atoms with Crippen LogP contribution < -0.4 is 5.32 Å². The number of rotatable bonds is 4. The Morgan fingerprint density at radius 3 is 2.88 bits per heavy atom. The van der Waals surface area contributed by atoms with E-state index in [9.17, 15) is 0 Å². The van der Waals surface area contributed by atoms with Gasteiger partial charge in [-0.05, 0) is 38.3 Å². The number of benzene rings is 1. The van der Waals surface area contributed by atoms with E-state index in [1.165, 1.54) is 30.4 Å². The molecule has 86 valence electrons. The van der Waals surface area contributed by atoms with E-state index in [1.54, 1.807) is 5.57 Å². The molecule has 1 nitrogen and oxygen atoms in total. The molecule has 1 aromatic carbocycles. The van der Waals surface area contributed by atoms with Gasteiger partial charge < -0.3 is 5.32 Å². The normalized spacial score (nSPS) is 17.2. The zero-order chi connectivity index (χ0) is 11.4. The summed E-state index contributed by atoms with van der Waals surface area (Å²) in [4.78, 5) is 0. The minimum absolute atomic E-state index is 0.437. The van der Waals surface area contributed by atoms with Gasteiger partial charge in [-0.25, -0.2) is 0 Å². The Kier molecular flexibility index (Phi) is 3.79. The smallest absolute Gasteiger partial charge is 0.0536 e. The van der Waals surface area contributed by atoms with Crippen molar-refractivity contribution in [2.45, 2.75) is 39.2 Å². The Labute approximate surface area is 98.6 Å². The average molecular weight is 215 g/mol. The summed E-state index contributed by atoms with van der Waals surface area (Å²) < 4.78 is 0. The minimum atomic E-state index is 0.437. The summed E-state index contributed by atoms with van der Waals surface area (Å²) in [5, 5.41) is 3.60. The van der Waals surface area contributed by atoms with Crippen molar-refractivity contribution in [3.05, 3.63) is 47.0 Å². The zero-order valence-corrected chi connectivity index (χ0v) is 10.3. The van der Waals surface area contributed by atoms with Gasteiger partial charge in [-0.3, -0.25) is 0 Å². The SMILES string of the molecule is CCNC(C1=CCCC1)c1cccc(C)c1. The minimum Gasteiger partial charge on any atom is -0.307 e. The largest absolute Gasteiger partial charge is 0.307 e. The molecule has 0 saturated heterocycles. The first-order chi connectivity index (χ1) is 7.81. The van der Waals surface area contributed by atoms with Gasteiger partial charge in [0.2, 0.25) is 0 Å². The summed E-state index contributed by atoms with van der Waals surface area (Å²) in [6.07, 6.45) is 6.24. The third-order valence-electron chi connectivity index (χ3n) is 3.23. The van der Waals surface area contributed by atoms with Gasteiger partial charge in [-0.15, -0.1) is 0 Å². The van der Waals surface area contributed by atoms with Crippen LogP contribution in [-0.2, 0) is 0 Å². The van der Waals surface area contributed by atoms with Crippen LogP contribution in [0.1, 0.15) is 43.4 Å². The van der Waals surface area contributed by atoms with Gasteiger partial charge in [0.15, 0.2) is 0 Å². The van der Waals surface area contributed by atoms with Crippen LogP contribution in [0.2, 0.25) is 0 Å². The van der Waals surface area contributed by atoms with Gasteiger partial charge in [0.1, 0.15) is 0 Å². The predicted octanol–water partition coefficient (Wildman–Crippen LogP) is 3.76. The Hall–Kier alpha value is -1.08. The van der Waals surface area contributed by atoms with Crippen LogP contribution in [-0.4, -0.2) is 6.54 Å². The second-order valence-electron chi connectivity index (χ2n) is 4.58. The van der Waals surface area contributed by atoms with E-state index in [2.05, 4.69) is 49.5 Å². The molecule has 1 aliphatic carbocycles. The lowest BCUT2D eigenvalue weighted by molar-refractivity contribution is 0.605. The Bertz CT molecular complexity index is 379. The first kappa shape index (κ1) is 11.4. The molecule has 0 amide bonds. The molecule has 0 aromatic heterocycles. The number of nitrogens with one attached hydrogen (secondary N) is 1. The molecule has 1 aromatic rings. The first-order valence-electron chi connectivity index (χ1n) is 6.30. The van der Waals surface area contributed by atoms with Crippen molar-refractivity contribution in [3.8, 4) is 0 Å². The molecular weight excluding hydrogens is 194 g/mol. The van der Waals surface area contributed by atoms with E-state index in [-0.39, 0.29) is 0 Å². The van der Waals surface area contributed by atoms with E-state index in [0.717, 1.165) is 6.54 Å². The van der Waals surface area contributed by atoms with Crippen molar-refractivity contribution in [1.29, 1.82) is 0 Å². The second-order valence-corrected chi connectivity index (χ2v) is 4.58. The molecule has 1 unspecified atom stereocenters. The standard InChI is InChI=1S/C15H21N/c1-3-16-15(13-8-4-5-9-13)14-10-6-7-12(2)11-14/h6-8,10-11,15-16H,3-5,9H2,1-2H3. The molecule has 1 N–H and O–H groups in total. The fourth-order valence-corrected chi connectivity index (χ4v) is 2.47. The van der Waals surface area contributed by atoms with Crippen molar-refractivity contribution >= 4 is 0 Å². The molecule has 1 heteroatoms. The molecular formula is C15H21N. The summed E-state index contributed by atoms with van der Waals surface area (Å²) in [6, 6.07) is 9.29. The molecule has 0 saturated carbocycles. The highest BCUT2D eigenvalue weighted by Gasteiger charge is 2.17. The summed E-state index contributed by atoms with van der Waals surface area (Å²) in [5.74, 6) is 0. The predicted molar refractivity (Wildman–Crippen MR) is 69.5 cm³/mol. The quantitative estimate of drug-likeness (QED) is 0.754. The first-order valence-corrected chi connectivity index (χ1v) is 6.30. The van der Waals surface area contributed by atoms with E-state index >= 15 is 0 Å². The summed E-state index contributed by atoms with van der Waals surface area (Å²) in [7, 11) is 0. The monoisotopic (exact) mass is 215 g/mol. The maximum absolute atomic E-state index is 3.60. The van der Waals surface area contributed by atoms with Crippen LogP contribution in [0, 0.1) is 6.92 Å². The average Bonchev–Trinajstić information content (AvgIpc) is 2.79. The van der Waals surface area contributed by atoms with Crippen molar-refractivity contribution < 1.29 is 0 Å². The van der Waals surface area contributed by atoms with E-state index in [1.807, 2.05) is 0 Å². The maximum atomic E-state index is 3.60. The number of aryl methyl sites for hydroxylation is 1. The van der Waals surface area contributed by atoms with Crippen LogP contribution in [0.15, 0.2) is 35.9 Å². The van der Waals surface area contributed by atoms with Crippen LogP contribution in [0.5, 0.6) is 0 Å². The van der Waals surface area contributed by atoms with E-state index in [0.29, 0.717) is 6.04 Å². The number of allylic oxidation sites excluding steroid dienone is 1. The van der Waals surface area contributed by atoms with Gasteiger partial charge in [0.05, 0.1) is 6.04 Å². The summed E-state index contributed by atoms with van der Waals surface area (Å²) >= 11 is 0. The number of likely N-dealkylation sites (N-methyl/N-ethyl adjacent to an activating group) is 1. The zero-order valence-electron chi connectivity index (χ0n) is 10.3. The Morgan fingerprint density at radius 2 is 2.25 bits per heavy atom. The number of hydrogen-bond donors (Lipinski definition) is 1. The summed E-state index contributed by atoms with van der Waals surface area (Å²) in [6.45, 7) is 5.36. The second kappa shape index (κ2) is 5.31. The molecule has 0 radical (unpaired) electrons. The molecule has 0 heterocycles. The fraction of sp³-hybridized carbons (Fsp3) is 0.467. The lowest BCUT2D eigenvalue weighted by Crippen LogP contribution is -2.22. The lowest BCUT2D eigenvalue weighted by Gasteiger charge is -2.20. The molecule has 1 atom stereocenters. The van der Waals surface area contributed by atoms with Crippen molar-refractivity contribution in [1.82, 2.24) is 5.32 Å². The molecule has 0 aliphatic heterocycles. The van der Waals surface area contributed by atoms with Gasteiger partial charge >= 0.3 is 0 Å². The third kappa shape index (κ3) is 2.53. The molecule has 0 spiro atoms. The molecule has 16 heavy (non-hydrogen) atoms. The topological polar surface area (TPSA) is 12.0 Å². The van der Waals surface area contributed by atoms with Crippen molar-refractivity contribution in [2.75, 3.05) is 6.54 Å². The highest BCUT2D eigenvalue weighted by Crippen LogP contribution is 2.30. The fourth-order valence-electron chi connectivity index (χ4n) is 2.47. The van der Waals surface area contributed by atoms with Gasteiger partial charge in [-0.1, -0.05) is 48.4 Å². The van der Waals surface area contributed by atoms with Crippen LogP contribution >= 0.6 is 0 Å². The van der Waals surface area contributed by atoms with Crippen LogP contribution in [0.4, 0.5) is 0 Å². The summed E-state index contributed by atoms with van der Waals surface area (Å²) in [5.41, 5.74) is 4.33.